The second-order valence-corrected chi connectivity index (χ2v) is 4.73. The van der Waals surface area contributed by atoms with E-state index in [2.05, 4.69) is 10.1 Å². The van der Waals surface area contributed by atoms with Gasteiger partial charge in [-0.15, -0.1) is 0 Å². The molecule has 1 amide bonds. The molecule has 8 nitrogen and oxygen atoms in total. The molecule has 0 aliphatic heterocycles. The number of rotatable bonds is 5. The molecule has 1 N–H and O–H groups in total. The Bertz CT molecular complexity index is 738. The largest absolute Gasteiger partial charge is 0.467 e. The molecule has 0 unspecified atom stereocenters. The first-order valence-electron chi connectivity index (χ1n) is 6.64. The van der Waals surface area contributed by atoms with Crippen molar-refractivity contribution in [1.29, 1.82) is 0 Å². The Morgan fingerprint density at radius 2 is 2.00 bits per heavy atom. The fraction of sp³-hybridized carbons (Fsp3) is 0.200. The molecule has 0 spiro atoms. The lowest BCUT2D eigenvalue weighted by Gasteiger charge is -2.12. The van der Waals surface area contributed by atoms with E-state index >= 15 is 0 Å². The fourth-order valence-corrected chi connectivity index (χ4v) is 1.97. The highest BCUT2D eigenvalue weighted by Crippen LogP contribution is 2.19. The number of benzene rings is 1. The number of carbonyl (C=O) groups is 2. The smallest absolute Gasteiger partial charge is 0.338 e. The van der Waals surface area contributed by atoms with Gasteiger partial charge in [0.25, 0.3) is 11.6 Å². The molecule has 0 aliphatic rings. The van der Waals surface area contributed by atoms with Gasteiger partial charge in [-0.05, 0) is 25.1 Å². The van der Waals surface area contributed by atoms with E-state index < -0.39 is 22.8 Å². The molecule has 0 bridgehead atoms. The van der Waals surface area contributed by atoms with Gasteiger partial charge >= 0.3 is 5.97 Å². The summed E-state index contributed by atoms with van der Waals surface area (Å²) in [5.41, 5.74) is -0.459. The first kappa shape index (κ1) is 16.2. The fourth-order valence-electron chi connectivity index (χ4n) is 1.97. The predicted octanol–water partition coefficient (Wildman–Crippen LogP) is 2.47. The topological polar surface area (TPSA) is 112 Å². The maximum atomic E-state index is 12.3. The molecule has 0 aliphatic carbocycles. The number of hydrogen-bond donors (Lipinski definition) is 1. The maximum Gasteiger partial charge on any atom is 0.338 e. The standard InChI is InChI=1S/C15H14N2O6/c1-9(13-4-3-5-23-13)16-14(18)10-6-11(15(19)22-2)8-12(7-10)17(20)21/h3-9H,1-2H3,(H,16,18)/t9-/m1/s1. The third-order valence-corrected chi connectivity index (χ3v) is 3.13. The lowest BCUT2D eigenvalue weighted by Crippen LogP contribution is -2.26. The van der Waals surface area contributed by atoms with E-state index in [1.807, 2.05) is 0 Å². The van der Waals surface area contributed by atoms with Gasteiger partial charge in [-0.25, -0.2) is 4.79 Å². The van der Waals surface area contributed by atoms with Crippen LogP contribution in [-0.4, -0.2) is 23.9 Å². The molecule has 2 rings (SSSR count). The average Bonchev–Trinajstić information content (AvgIpc) is 3.08. The normalized spacial score (nSPS) is 11.6. The van der Waals surface area contributed by atoms with Gasteiger partial charge in [0.15, 0.2) is 0 Å². The van der Waals surface area contributed by atoms with E-state index in [9.17, 15) is 19.7 Å². The molecule has 1 atom stereocenters. The van der Waals surface area contributed by atoms with E-state index in [0.717, 1.165) is 19.2 Å². The highest BCUT2D eigenvalue weighted by Gasteiger charge is 2.20. The van der Waals surface area contributed by atoms with Crippen LogP contribution in [0.15, 0.2) is 41.0 Å². The van der Waals surface area contributed by atoms with Crippen molar-refractivity contribution in [3.63, 3.8) is 0 Å². The number of hydrogen-bond acceptors (Lipinski definition) is 6. The molecule has 0 saturated carbocycles. The number of amides is 1. The molecule has 2 aromatic rings. The second kappa shape index (κ2) is 6.73. The third-order valence-electron chi connectivity index (χ3n) is 3.13. The Labute approximate surface area is 131 Å². The molecular weight excluding hydrogens is 304 g/mol. The minimum absolute atomic E-state index is 0.0157. The second-order valence-electron chi connectivity index (χ2n) is 4.73. The summed E-state index contributed by atoms with van der Waals surface area (Å²) >= 11 is 0. The van der Waals surface area contributed by atoms with Crippen molar-refractivity contribution >= 4 is 17.6 Å². The van der Waals surface area contributed by atoms with Crippen LogP contribution < -0.4 is 5.32 Å². The van der Waals surface area contributed by atoms with Crippen LogP contribution in [0.3, 0.4) is 0 Å². The maximum absolute atomic E-state index is 12.3. The number of nitrogens with one attached hydrogen (secondary N) is 1. The van der Waals surface area contributed by atoms with Crippen LogP contribution in [0.5, 0.6) is 0 Å². The molecule has 0 radical (unpaired) electrons. The van der Waals surface area contributed by atoms with E-state index in [0.29, 0.717) is 5.76 Å². The number of furan rings is 1. The first-order chi connectivity index (χ1) is 10.9. The summed E-state index contributed by atoms with van der Waals surface area (Å²) in [5, 5.41) is 13.6. The Balaban J connectivity index is 2.30. The summed E-state index contributed by atoms with van der Waals surface area (Å²) in [6.07, 6.45) is 1.47. The molecule has 1 heterocycles. The number of ether oxygens (including phenoxy) is 1. The van der Waals surface area contributed by atoms with Gasteiger partial charge in [0.1, 0.15) is 5.76 Å². The van der Waals surface area contributed by atoms with Gasteiger partial charge < -0.3 is 14.5 Å². The molecular formula is C15H14N2O6. The molecule has 8 heteroatoms. The van der Waals surface area contributed by atoms with Gasteiger partial charge in [-0.3, -0.25) is 14.9 Å². The summed E-state index contributed by atoms with van der Waals surface area (Å²) in [6.45, 7) is 1.70. The van der Waals surface area contributed by atoms with Gasteiger partial charge in [-0.1, -0.05) is 0 Å². The monoisotopic (exact) mass is 318 g/mol. The van der Waals surface area contributed by atoms with E-state index in [1.54, 1.807) is 19.1 Å². The van der Waals surface area contributed by atoms with Crippen LogP contribution in [0.25, 0.3) is 0 Å². The number of nitrogens with zero attached hydrogens (tertiary/aromatic N) is 1. The number of methoxy groups -OCH3 is 1. The molecule has 0 saturated heterocycles. The minimum Gasteiger partial charge on any atom is -0.467 e. The lowest BCUT2D eigenvalue weighted by atomic mass is 10.1. The van der Waals surface area contributed by atoms with Crippen molar-refractivity contribution in [2.75, 3.05) is 7.11 Å². The van der Waals surface area contributed by atoms with Crippen molar-refractivity contribution in [1.82, 2.24) is 5.32 Å². The minimum atomic E-state index is -0.762. The SMILES string of the molecule is COC(=O)c1cc(C(=O)N[C@H](C)c2ccco2)cc([N+](=O)[O-])c1. The van der Waals surface area contributed by atoms with Crippen LogP contribution in [0.1, 0.15) is 39.4 Å². The number of nitro benzene ring substituents is 1. The lowest BCUT2D eigenvalue weighted by molar-refractivity contribution is -0.384. The number of carbonyl (C=O) groups excluding carboxylic acids is 2. The Morgan fingerprint density at radius 3 is 2.57 bits per heavy atom. The van der Waals surface area contributed by atoms with Crippen molar-refractivity contribution in [2.45, 2.75) is 13.0 Å². The van der Waals surface area contributed by atoms with Crippen LogP contribution in [0.2, 0.25) is 0 Å². The summed E-state index contributed by atoms with van der Waals surface area (Å²) in [6, 6.07) is 6.33. The van der Waals surface area contributed by atoms with Crippen LogP contribution >= 0.6 is 0 Å². The number of esters is 1. The summed E-state index contributed by atoms with van der Waals surface area (Å²) in [7, 11) is 1.15. The van der Waals surface area contributed by atoms with E-state index in [-0.39, 0.29) is 16.8 Å². The van der Waals surface area contributed by atoms with Gasteiger partial charge in [0, 0.05) is 17.7 Å². The van der Waals surface area contributed by atoms with E-state index in [4.69, 9.17) is 4.42 Å². The van der Waals surface area contributed by atoms with E-state index in [1.165, 1.54) is 12.3 Å². The Kier molecular flexibility index (Phi) is 4.75. The summed E-state index contributed by atoms with van der Waals surface area (Å²) in [5.74, 6) is -0.790. The molecule has 1 aromatic heterocycles. The number of nitro groups is 1. The summed E-state index contributed by atoms with van der Waals surface area (Å²) < 4.78 is 9.71. The zero-order valence-corrected chi connectivity index (χ0v) is 12.4. The highest BCUT2D eigenvalue weighted by molar-refractivity contribution is 5.99. The molecule has 1 aromatic carbocycles. The molecule has 23 heavy (non-hydrogen) atoms. The Hall–Kier alpha value is -3.16. The highest BCUT2D eigenvalue weighted by atomic mass is 16.6. The first-order valence-corrected chi connectivity index (χ1v) is 6.64. The van der Waals surface area contributed by atoms with Crippen molar-refractivity contribution < 1.29 is 23.7 Å². The average molecular weight is 318 g/mol. The van der Waals surface area contributed by atoms with Gasteiger partial charge in [0.2, 0.25) is 0 Å². The van der Waals surface area contributed by atoms with Crippen LogP contribution in [0.4, 0.5) is 5.69 Å². The van der Waals surface area contributed by atoms with Crippen molar-refractivity contribution in [3.05, 3.63) is 63.6 Å². The van der Waals surface area contributed by atoms with Crippen molar-refractivity contribution in [2.24, 2.45) is 0 Å². The quantitative estimate of drug-likeness (QED) is 0.515. The van der Waals surface area contributed by atoms with Crippen LogP contribution in [-0.2, 0) is 4.74 Å². The van der Waals surface area contributed by atoms with Crippen molar-refractivity contribution in [3.8, 4) is 0 Å². The summed E-state index contributed by atoms with van der Waals surface area (Å²) in [4.78, 5) is 34.1. The Morgan fingerprint density at radius 1 is 1.30 bits per heavy atom. The number of non-ortho nitro benzene ring substituents is 1. The van der Waals surface area contributed by atoms with Gasteiger partial charge in [-0.2, -0.15) is 0 Å². The van der Waals surface area contributed by atoms with Gasteiger partial charge in [0.05, 0.1) is 29.9 Å². The third kappa shape index (κ3) is 3.73. The molecule has 0 fully saturated rings. The zero-order valence-electron chi connectivity index (χ0n) is 12.4. The predicted molar refractivity (Wildman–Crippen MR) is 79.0 cm³/mol. The molecule has 120 valence electrons. The zero-order chi connectivity index (χ0) is 17.0. The van der Waals surface area contributed by atoms with Crippen LogP contribution in [0, 0.1) is 10.1 Å².